The molecule has 1 aromatic rings. The predicted octanol–water partition coefficient (Wildman–Crippen LogP) is 4.29. The van der Waals surface area contributed by atoms with Crippen LogP contribution in [0.5, 0.6) is 0 Å². The summed E-state index contributed by atoms with van der Waals surface area (Å²) in [5, 5.41) is 3.66. The fourth-order valence-electron chi connectivity index (χ4n) is 2.82. The van der Waals surface area contributed by atoms with Gasteiger partial charge < -0.3 is 5.32 Å². The van der Waals surface area contributed by atoms with Crippen molar-refractivity contribution in [3.05, 3.63) is 17.6 Å². The van der Waals surface area contributed by atoms with Gasteiger partial charge in [0.1, 0.15) is 11.6 Å². The Morgan fingerprint density at radius 2 is 1.89 bits per heavy atom. The van der Waals surface area contributed by atoms with Crippen LogP contribution in [0, 0.1) is 12.8 Å². The van der Waals surface area contributed by atoms with Crippen LogP contribution in [-0.4, -0.2) is 16.0 Å². The molecule has 0 aliphatic heterocycles. The molecule has 0 aromatic carbocycles. The minimum atomic E-state index is 0.381. The van der Waals surface area contributed by atoms with Crippen LogP contribution in [0.3, 0.4) is 0 Å². The van der Waals surface area contributed by atoms with Crippen molar-refractivity contribution in [3.63, 3.8) is 0 Å². The molecule has 2 atom stereocenters. The Hall–Kier alpha value is -1.12. The zero-order chi connectivity index (χ0) is 13.8. The van der Waals surface area contributed by atoms with Gasteiger partial charge in [0, 0.05) is 23.7 Å². The van der Waals surface area contributed by atoms with Gasteiger partial charge in [-0.15, -0.1) is 0 Å². The van der Waals surface area contributed by atoms with Gasteiger partial charge in [-0.2, -0.15) is 0 Å². The van der Waals surface area contributed by atoms with E-state index in [1.54, 1.807) is 0 Å². The highest BCUT2D eigenvalue weighted by Crippen LogP contribution is 2.26. The van der Waals surface area contributed by atoms with Gasteiger partial charge in [-0.05, 0) is 25.7 Å². The minimum absolute atomic E-state index is 0.381. The van der Waals surface area contributed by atoms with Crippen molar-refractivity contribution in [1.29, 1.82) is 0 Å². The second kappa shape index (κ2) is 6.36. The first-order valence-corrected chi connectivity index (χ1v) is 7.68. The third-order valence-corrected chi connectivity index (χ3v) is 4.08. The minimum Gasteiger partial charge on any atom is -0.367 e. The van der Waals surface area contributed by atoms with Crippen molar-refractivity contribution in [3.8, 4) is 0 Å². The van der Waals surface area contributed by atoms with Crippen LogP contribution in [0.2, 0.25) is 0 Å². The summed E-state index contributed by atoms with van der Waals surface area (Å²) in [6.07, 6.45) is 6.69. The number of nitrogens with zero attached hydrogens (tertiary/aromatic N) is 2. The molecule has 3 heteroatoms. The Balaban J connectivity index is 2.13. The number of hydrogen-bond acceptors (Lipinski definition) is 3. The SMILES string of the molecule is Cc1cc(NC2CCCCCC2C)nc(C(C)C)n1. The van der Waals surface area contributed by atoms with Gasteiger partial charge in [0.25, 0.3) is 0 Å². The Bertz CT molecular complexity index is 414. The van der Waals surface area contributed by atoms with E-state index in [0.29, 0.717) is 12.0 Å². The lowest BCUT2D eigenvalue weighted by Crippen LogP contribution is -2.27. The molecule has 2 rings (SSSR count). The molecule has 1 aliphatic carbocycles. The summed E-state index contributed by atoms with van der Waals surface area (Å²) in [6, 6.07) is 2.64. The molecule has 0 radical (unpaired) electrons. The zero-order valence-corrected chi connectivity index (χ0v) is 12.7. The van der Waals surface area contributed by atoms with E-state index in [-0.39, 0.29) is 0 Å². The Morgan fingerprint density at radius 1 is 1.16 bits per heavy atom. The third-order valence-electron chi connectivity index (χ3n) is 4.08. The molecule has 1 aromatic heterocycles. The van der Waals surface area contributed by atoms with Crippen LogP contribution in [-0.2, 0) is 0 Å². The van der Waals surface area contributed by atoms with Crippen LogP contribution >= 0.6 is 0 Å². The van der Waals surface area contributed by atoms with Gasteiger partial charge in [0.2, 0.25) is 0 Å². The maximum Gasteiger partial charge on any atom is 0.133 e. The van der Waals surface area contributed by atoms with Crippen molar-refractivity contribution in [1.82, 2.24) is 9.97 Å². The molecule has 1 aliphatic rings. The fourth-order valence-corrected chi connectivity index (χ4v) is 2.82. The first-order valence-electron chi connectivity index (χ1n) is 7.68. The maximum absolute atomic E-state index is 4.67. The number of aryl methyl sites for hydroxylation is 1. The van der Waals surface area contributed by atoms with Crippen LogP contribution in [0.1, 0.15) is 70.3 Å². The quantitative estimate of drug-likeness (QED) is 0.825. The normalized spacial score (nSPS) is 24.3. The monoisotopic (exact) mass is 261 g/mol. The summed E-state index contributed by atoms with van der Waals surface area (Å²) < 4.78 is 0. The average Bonchev–Trinajstić information content (AvgIpc) is 2.54. The summed E-state index contributed by atoms with van der Waals surface area (Å²) in [5.74, 6) is 3.08. The van der Waals surface area contributed by atoms with E-state index in [9.17, 15) is 0 Å². The molecule has 1 saturated carbocycles. The first-order chi connectivity index (χ1) is 9.06. The molecule has 19 heavy (non-hydrogen) atoms. The standard InChI is InChI=1S/C16H27N3/c1-11(2)16-17-13(4)10-15(19-16)18-14-9-7-5-6-8-12(14)3/h10-12,14H,5-9H2,1-4H3,(H,17,18,19). The van der Waals surface area contributed by atoms with E-state index in [4.69, 9.17) is 0 Å². The lowest BCUT2D eigenvalue weighted by Gasteiger charge is -2.24. The molecule has 0 saturated heterocycles. The number of rotatable bonds is 3. The second-order valence-corrected chi connectivity index (χ2v) is 6.27. The highest BCUT2D eigenvalue weighted by molar-refractivity contribution is 5.37. The van der Waals surface area contributed by atoms with Gasteiger partial charge in [-0.1, -0.05) is 40.0 Å². The first kappa shape index (κ1) is 14.3. The van der Waals surface area contributed by atoms with E-state index in [0.717, 1.165) is 23.3 Å². The lowest BCUT2D eigenvalue weighted by molar-refractivity contribution is 0.455. The van der Waals surface area contributed by atoms with Crippen molar-refractivity contribution < 1.29 is 0 Å². The number of aromatic nitrogens is 2. The Morgan fingerprint density at radius 3 is 2.63 bits per heavy atom. The summed E-state index contributed by atoms with van der Waals surface area (Å²) >= 11 is 0. The maximum atomic E-state index is 4.67. The van der Waals surface area contributed by atoms with Gasteiger partial charge in [0.15, 0.2) is 0 Å². The molecule has 0 amide bonds. The van der Waals surface area contributed by atoms with Gasteiger partial charge in [-0.25, -0.2) is 9.97 Å². The molecule has 0 bridgehead atoms. The van der Waals surface area contributed by atoms with Crippen LogP contribution in [0.4, 0.5) is 5.82 Å². The summed E-state index contributed by atoms with van der Waals surface area (Å²) in [6.45, 7) is 8.70. The largest absolute Gasteiger partial charge is 0.367 e. The van der Waals surface area contributed by atoms with Crippen LogP contribution in [0.25, 0.3) is 0 Å². The van der Waals surface area contributed by atoms with E-state index < -0.39 is 0 Å². The van der Waals surface area contributed by atoms with E-state index in [1.165, 1.54) is 32.1 Å². The summed E-state index contributed by atoms with van der Waals surface area (Å²) in [5.41, 5.74) is 1.06. The number of nitrogens with one attached hydrogen (secondary N) is 1. The van der Waals surface area contributed by atoms with Gasteiger partial charge >= 0.3 is 0 Å². The predicted molar refractivity (Wildman–Crippen MR) is 80.5 cm³/mol. The highest BCUT2D eigenvalue weighted by Gasteiger charge is 2.20. The molecule has 1 fully saturated rings. The van der Waals surface area contributed by atoms with E-state index in [2.05, 4.69) is 49.0 Å². The molecule has 1 N–H and O–H groups in total. The molecular formula is C16H27N3. The van der Waals surface area contributed by atoms with Gasteiger partial charge in [0.05, 0.1) is 0 Å². The topological polar surface area (TPSA) is 37.8 Å². The second-order valence-electron chi connectivity index (χ2n) is 6.27. The molecule has 0 spiro atoms. The van der Waals surface area contributed by atoms with Gasteiger partial charge in [-0.3, -0.25) is 0 Å². The van der Waals surface area contributed by atoms with Crippen molar-refractivity contribution in [2.75, 3.05) is 5.32 Å². The molecule has 1 heterocycles. The molecular weight excluding hydrogens is 234 g/mol. The summed E-state index contributed by atoms with van der Waals surface area (Å²) in [4.78, 5) is 9.18. The molecule has 106 valence electrons. The smallest absolute Gasteiger partial charge is 0.133 e. The van der Waals surface area contributed by atoms with E-state index in [1.807, 2.05) is 0 Å². The fraction of sp³-hybridized carbons (Fsp3) is 0.750. The van der Waals surface area contributed by atoms with Crippen molar-refractivity contribution >= 4 is 5.82 Å². The van der Waals surface area contributed by atoms with Crippen LogP contribution in [0.15, 0.2) is 6.07 Å². The molecule has 3 nitrogen and oxygen atoms in total. The average molecular weight is 261 g/mol. The number of hydrogen-bond donors (Lipinski definition) is 1. The lowest BCUT2D eigenvalue weighted by atomic mass is 9.97. The van der Waals surface area contributed by atoms with Crippen molar-refractivity contribution in [2.45, 2.75) is 71.8 Å². The van der Waals surface area contributed by atoms with E-state index >= 15 is 0 Å². The number of anilines is 1. The van der Waals surface area contributed by atoms with Crippen molar-refractivity contribution in [2.24, 2.45) is 5.92 Å². The third kappa shape index (κ3) is 3.92. The summed E-state index contributed by atoms with van der Waals surface area (Å²) in [7, 11) is 0. The zero-order valence-electron chi connectivity index (χ0n) is 12.7. The van der Waals surface area contributed by atoms with Crippen LogP contribution < -0.4 is 5.32 Å². The molecule has 2 unspecified atom stereocenters. The highest BCUT2D eigenvalue weighted by atomic mass is 15.1. The Kier molecular flexibility index (Phi) is 4.78. The Labute approximate surface area is 117 Å².